The van der Waals surface area contributed by atoms with Crippen LogP contribution in [0.5, 0.6) is 0 Å². The van der Waals surface area contributed by atoms with Gasteiger partial charge in [-0.05, 0) is 37.9 Å². The second kappa shape index (κ2) is 5.61. The van der Waals surface area contributed by atoms with Gasteiger partial charge in [-0.15, -0.1) is 0 Å². The summed E-state index contributed by atoms with van der Waals surface area (Å²) in [6.45, 7) is 5.35. The summed E-state index contributed by atoms with van der Waals surface area (Å²) in [6, 6.07) is 8.82. The van der Waals surface area contributed by atoms with Gasteiger partial charge in [0.25, 0.3) is 0 Å². The van der Waals surface area contributed by atoms with Crippen LogP contribution in [0.4, 0.5) is 5.95 Å². The lowest BCUT2D eigenvalue weighted by Gasteiger charge is -2.35. The van der Waals surface area contributed by atoms with Crippen LogP contribution in [0.25, 0.3) is 11.0 Å². The quantitative estimate of drug-likeness (QED) is 0.885. The molecule has 1 aliphatic heterocycles. The molecule has 19 heavy (non-hydrogen) atoms. The lowest BCUT2D eigenvalue weighted by Crippen LogP contribution is -2.46. The highest BCUT2D eigenvalue weighted by atomic mass is 15.3. The number of anilines is 1. The van der Waals surface area contributed by atoms with Gasteiger partial charge in [0.2, 0.25) is 5.95 Å². The van der Waals surface area contributed by atoms with Gasteiger partial charge in [0, 0.05) is 19.1 Å². The summed E-state index contributed by atoms with van der Waals surface area (Å²) < 4.78 is 0. The van der Waals surface area contributed by atoms with Crippen molar-refractivity contribution in [1.82, 2.24) is 15.3 Å². The van der Waals surface area contributed by atoms with Crippen molar-refractivity contribution in [3.8, 4) is 0 Å². The third-order valence-corrected chi connectivity index (χ3v) is 3.91. The molecule has 2 N–H and O–H groups in total. The predicted octanol–water partition coefficient (Wildman–Crippen LogP) is 2.53. The number of imidazole rings is 1. The monoisotopic (exact) mass is 258 g/mol. The van der Waals surface area contributed by atoms with Gasteiger partial charge < -0.3 is 15.2 Å². The normalized spacial score (nSPS) is 20.1. The van der Waals surface area contributed by atoms with E-state index in [2.05, 4.69) is 40.3 Å². The van der Waals surface area contributed by atoms with Gasteiger partial charge in [-0.1, -0.05) is 19.1 Å². The summed E-state index contributed by atoms with van der Waals surface area (Å²) in [5.41, 5.74) is 2.19. The fourth-order valence-electron chi connectivity index (χ4n) is 2.88. The van der Waals surface area contributed by atoms with Crippen molar-refractivity contribution >= 4 is 17.0 Å². The van der Waals surface area contributed by atoms with Crippen molar-refractivity contribution in [3.05, 3.63) is 24.3 Å². The zero-order valence-corrected chi connectivity index (χ0v) is 11.5. The smallest absolute Gasteiger partial charge is 0.204 e. The second-order valence-corrected chi connectivity index (χ2v) is 5.23. The number of benzene rings is 1. The summed E-state index contributed by atoms with van der Waals surface area (Å²) in [5, 5.41) is 3.47. The van der Waals surface area contributed by atoms with Gasteiger partial charge in [0.1, 0.15) is 0 Å². The molecule has 0 amide bonds. The Bertz CT molecular complexity index is 501. The number of aromatic amines is 1. The number of para-hydroxylation sites is 2. The molecule has 0 bridgehead atoms. The number of fused-ring (bicyclic) bond motifs is 1. The zero-order valence-electron chi connectivity index (χ0n) is 11.5. The van der Waals surface area contributed by atoms with E-state index in [-0.39, 0.29) is 0 Å². The van der Waals surface area contributed by atoms with E-state index in [1.807, 2.05) is 6.07 Å². The molecule has 1 aliphatic rings. The Morgan fingerprint density at radius 2 is 2.26 bits per heavy atom. The highest BCUT2D eigenvalue weighted by Gasteiger charge is 2.24. The molecular formula is C15H22N4. The molecule has 1 atom stereocenters. The SMILES string of the molecule is CCNCC1CCCCN1c1nc2ccccc2[nH]1. The number of hydrogen-bond acceptors (Lipinski definition) is 3. The molecule has 102 valence electrons. The van der Waals surface area contributed by atoms with Crippen molar-refractivity contribution in [2.24, 2.45) is 0 Å². The van der Waals surface area contributed by atoms with Crippen LogP contribution in [0, 0.1) is 0 Å². The van der Waals surface area contributed by atoms with Crippen LogP contribution < -0.4 is 10.2 Å². The number of piperidine rings is 1. The fraction of sp³-hybridized carbons (Fsp3) is 0.533. The maximum absolute atomic E-state index is 4.74. The highest BCUT2D eigenvalue weighted by molar-refractivity contribution is 5.77. The maximum atomic E-state index is 4.74. The summed E-state index contributed by atoms with van der Waals surface area (Å²) in [7, 11) is 0. The highest BCUT2D eigenvalue weighted by Crippen LogP contribution is 2.24. The van der Waals surface area contributed by atoms with Crippen LogP contribution in [0.1, 0.15) is 26.2 Å². The Kier molecular flexibility index (Phi) is 3.69. The number of aromatic nitrogens is 2. The molecule has 1 unspecified atom stereocenters. The average Bonchev–Trinajstić information content (AvgIpc) is 2.89. The van der Waals surface area contributed by atoms with Gasteiger partial charge in [0.15, 0.2) is 0 Å². The molecular weight excluding hydrogens is 236 g/mol. The van der Waals surface area contributed by atoms with Crippen molar-refractivity contribution in [2.45, 2.75) is 32.2 Å². The predicted molar refractivity (Wildman–Crippen MR) is 79.6 cm³/mol. The van der Waals surface area contributed by atoms with Crippen molar-refractivity contribution in [3.63, 3.8) is 0 Å². The van der Waals surface area contributed by atoms with Crippen LogP contribution in [0.3, 0.4) is 0 Å². The number of hydrogen-bond donors (Lipinski definition) is 2. The third-order valence-electron chi connectivity index (χ3n) is 3.91. The lowest BCUT2D eigenvalue weighted by atomic mass is 10.0. The van der Waals surface area contributed by atoms with Crippen molar-refractivity contribution < 1.29 is 0 Å². The molecule has 4 heteroatoms. The Balaban J connectivity index is 1.84. The third kappa shape index (κ3) is 2.59. The summed E-state index contributed by atoms with van der Waals surface area (Å²) in [6.07, 6.45) is 3.84. The standard InChI is InChI=1S/C15H22N4/c1-2-16-11-12-7-5-6-10-19(12)15-17-13-8-3-4-9-14(13)18-15/h3-4,8-9,12,16H,2,5-7,10-11H2,1H3,(H,17,18). The molecule has 1 aromatic heterocycles. The number of H-pyrrole nitrogens is 1. The van der Waals surface area contributed by atoms with Crippen LogP contribution in [0.2, 0.25) is 0 Å². The van der Waals surface area contributed by atoms with E-state index in [1.165, 1.54) is 19.3 Å². The van der Waals surface area contributed by atoms with E-state index >= 15 is 0 Å². The minimum Gasteiger partial charge on any atom is -0.338 e. The first-order valence-electron chi connectivity index (χ1n) is 7.30. The average molecular weight is 258 g/mol. The topological polar surface area (TPSA) is 44.0 Å². The van der Waals surface area contributed by atoms with Crippen LogP contribution >= 0.6 is 0 Å². The summed E-state index contributed by atoms with van der Waals surface area (Å²) >= 11 is 0. The van der Waals surface area contributed by atoms with E-state index in [0.717, 1.165) is 36.6 Å². The molecule has 0 radical (unpaired) electrons. The lowest BCUT2D eigenvalue weighted by molar-refractivity contribution is 0.434. The van der Waals surface area contributed by atoms with Crippen LogP contribution in [-0.2, 0) is 0 Å². The Morgan fingerprint density at radius 3 is 3.11 bits per heavy atom. The molecule has 0 spiro atoms. The molecule has 1 aromatic carbocycles. The van der Waals surface area contributed by atoms with E-state index in [4.69, 9.17) is 4.98 Å². The van der Waals surface area contributed by atoms with Gasteiger partial charge in [-0.2, -0.15) is 0 Å². The number of rotatable bonds is 4. The zero-order chi connectivity index (χ0) is 13.1. The van der Waals surface area contributed by atoms with E-state index in [0.29, 0.717) is 6.04 Å². The number of likely N-dealkylation sites (N-methyl/N-ethyl adjacent to an activating group) is 1. The fourth-order valence-corrected chi connectivity index (χ4v) is 2.88. The maximum Gasteiger partial charge on any atom is 0.204 e. The first kappa shape index (κ1) is 12.5. The number of nitrogens with zero attached hydrogens (tertiary/aromatic N) is 2. The van der Waals surface area contributed by atoms with Crippen molar-refractivity contribution in [2.75, 3.05) is 24.5 Å². The largest absolute Gasteiger partial charge is 0.338 e. The minimum absolute atomic E-state index is 0.564. The Morgan fingerprint density at radius 1 is 1.37 bits per heavy atom. The summed E-state index contributed by atoms with van der Waals surface area (Å²) in [4.78, 5) is 10.6. The molecule has 1 saturated heterocycles. The van der Waals surface area contributed by atoms with Crippen molar-refractivity contribution in [1.29, 1.82) is 0 Å². The summed E-state index contributed by atoms with van der Waals surface area (Å²) in [5.74, 6) is 1.03. The molecule has 1 fully saturated rings. The molecule has 0 aliphatic carbocycles. The van der Waals surface area contributed by atoms with Gasteiger partial charge in [-0.25, -0.2) is 4.98 Å². The first-order chi connectivity index (χ1) is 9.38. The van der Waals surface area contributed by atoms with E-state index in [9.17, 15) is 0 Å². The van der Waals surface area contributed by atoms with Gasteiger partial charge in [0.05, 0.1) is 11.0 Å². The molecule has 2 heterocycles. The molecule has 3 rings (SSSR count). The Labute approximate surface area is 114 Å². The van der Waals surface area contributed by atoms with Crippen LogP contribution in [-0.4, -0.2) is 35.6 Å². The van der Waals surface area contributed by atoms with Crippen LogP contribution in [0.15, 0.2) is 24.3 Å². The number of nitrogens with one attached hydrogen (secondary N) is 2. The van der Waals surface area contributed by atoms with E-state index < -0.39 is 0 Å². The first-order valence-corrected chi connectivity index (χ1v) is 7.30. The van der Waals surface area contributed by atoms with Gasteiger partial charge in [-0.3, -0.25) is 0 Å². The Hall–Kier alpha value is -1.55. The molecule has 2 aromatic rings. The molecule has 4 nitrogen and oxygen atoms in total. The second-order valence-electron chi connectivity index (χ2n) is 5.23. The molecule has 0 saturated carbocycles. The van der Waals surface area contributed by atoms with E-state index in [1.54, 1.807) is 0 Å². The van der Waals surface area contributed by atoms with Gasteiger partial charge >= 0.3 is 0 Å². The minimum atomic E-state index is 0.564.